The van der Waals surface area contributed by atoms with Crippen molar-refractivity contribution in [3.05, 3.63) is 83.9 Å². The molecule has 0 saturated carbocycles. The van der Waals surface area contributed by atoms with Gasteiger partial charge < -0.3 is 30.8 Å². The van der Waals surface area contributed by atoms with E-state index in [1.54, 1.807) is 0 Å². The van der Waals surface area contributed by atoms with Crippen molar-refractivity contribution in [2.75, 3.05) is 6.54 Å². The number of benzene rings is 3. The van der Waals surface area contributed by atoms with Crippen LogP contribution in [0.4, 0.5) is 4.79 Å². The van der Waals surface area contributed by atoms with Crippen molar-refractivity contribution in [2.45, 2.75) is 70.7 Å². The molecule has 4 amide bonds. The van der Waals surface area contributed by atoms with Gasteiger partial charge in [-0.3, -0.25) is 14.4 Å². The van der Waals surface area contributed by atoms with E-state index < -0.39 is 36.0 Å². The lowest BCUT2D eigenvalue weighted by Gasteiger charge is -2.27. The summed E-state index contributed by atoms with van der Waals surface area (Å²) in [6.07, 6.45) is 1.94. The fourth-order valence-corrected chi connectivity index (χ4v) is 5.58. The van der Waals surface area contributed by atoms with Crippen LogP contribution < -0.4 is 21.3 Å². The van der Waals surface area contributed by atoms with Gasteiger partial charge in [0.2, 0.25) is 17.7 Å². The third-order valence-corrected chi connectivity index (χ3v) is 7.90. The molecule has 10 heteroatoms. The first-order valence-corrected chi connectivity index (χ1v) is 15.5. The SMILES string of the molecule is CC(C)C[C@H](NC(=O)[C@@H](Cc1cccc2ccccc12)NC(=O)OCc1ccccc1)C(=O)N[C@H](C=O)C[C@@H]1CCCNC1=O. The van der Waals surface area contributed by atoms with E-state index in [0.717, 1.165) is 28.3 Å². The van der Waals surface area contributed by atoms with Gasteiger partial charge in [-0.1, -0.05) is 86.6 Å². The average molecular weight is 615 g/mol. The molecular formula is C35H42N4O6. The van der Waals surface area contributed by atoms with Gasteiger partial charge in [-0.2, -0.15) is 0 Å². The molecule has 4 N–H and O–H groups in total. The van der Waals surface area contributed by atoms with E-state index in [9.17, 15) is 24.0 Å². The van der Waals surface area contributed by atoms with Crippen LogP contribution in [0, 0.1) is 11.8 Å². The van der Waals surface area contributed by atoms with E-state index in [-0.39, 0.29) is 37.2 Å². The quantitative estimate of drug-likeness (QED) is 0.204. The molecule has 45 heavy (non-hydrogen) atoms. The topological polar surface area (TPSA) is 143 Å². The third-order valence-electron chi connectivity index (χ3n) is 7.90. The highest BCUT2D eigenvalue weighted by Gasteiger charge is 2.31. The Morgan fingerprint density at radius 2 is 1.62 bits per heavy atom. The number of rotatable bonds is 14. The number of hydrogen-bond donors (Lipinski definition) is 4. The first-order chi connectivity index (χ1) is 21.7. The van der Waals surface area contributed by atoms with E-state index in [0.29, 0.717) is 25.7 Å². The Morgan fingerprint density at radius 1 is 0.911 bits per heavy atom. The van der Waals surface area contributed by atoms with Crippen molar-refractivity contribution in [1.82, 2.24) is 21.3 Å². The normalized spacial score (nSPS) is 16.6. The molecule has 238 valence electrons. The number of piperidine rings is 1. The van der Waals surface area contributed by atoms with Gasteiger partial charge in [0.25, 0.3) is 0 Å². The summed E-state index contributed by atoms with van der Waals surface area (Å²) in [5.74, 6) is -1.56. The first-order valence-electron chi connectivity index (χ1n) is 15.5. The Bertz CT molecular complexity index is 1470. The number of carbonyl (C=O) groups excluding carboxylic acids is 5. The fourth-order valence-electron chi connectivity index (χ4n) is 5.58. The van der Waals surface area contributed by atoms with Gasteiger partial charge in [0.1, 0.15) is 25.0 Å². The molecule has 0 bridgehead atoms. The summed E-state index contributed by atoms with van der Waals surface area (Å²) >= 11 is 0. The summed E-state index contributed by atoms with van der Waals surface area (Å²) < 4.78 is 5.42. The maximum Gasteiger partial charge on any atom is 0.408 e. The Labute approximate surface area is 263 Å². The highest BCUT2D eigenvalue weighted by atomic mass is 16.5. The second-order valence-electron chi connectivity index (χ2n) is 11.9. The van der Waals surface area contributed by atoms with Crippen molar-refractivity contribution >= 4 is 40.9 Å². The molecule has 10 nitrogen and oxygen atoms in total. The molecular weight excluding hydrogens is 572 g/mol. The standard InChI is InChI=1S/C35H42N4O6/c1-23(2)18-30(33(42)37-28(21-40)19-27-15-9-17-36-32(27)41)38-34(43)31(39-35(44)45-22-24-10-4-3-5-11-24)20-26-14-8-13-25-12-6-7-16-29(25)26/h3-8,10-14,16,21,23,27-28,30-31H,9,15,17-20,22H2,1-2H3,(H,36,41)(H,37,42)(H,38,43)(H,39,44)/t27-,28-,30-,31+/m0/s1. The van der Waals surface area contributed by atoms with Gasteiger partial charge in [0.15, 0.2) is 0 Å². The van der Waals surface area contributed by atoms with Gasteiger partial charge in [-0.25, -0.2) is 4.79 Å². The number of ether oxygens (including phenoxy) is 1. The lowest BCUT2D eigenvalue weighted by atomic mass is 9.91. The Kier molecular flexibility index (Phi) is 12.1. The molecule has 3 aromatic carbocycles. The maximum absolute atomic E-state index is 13.8. The lowest BCUT2D eigenvalue weighted by molar-refractivity contribution is -0.132. The Hall–Kier alpha value is -4.73. The molecule has 0 radical (unpaired) electrons. The second kappa shape index (κ2) is 16.4. The minimum atomic E-state index is -1.06. The summed E-state index contributed by atoms with van der Waals surface area (Å²) in [6, 6.07) is 19.8. The molecule has 3 aromatic rings. The highest BCUT2D eigenvalue weighted by molar-refractivity contribution is 5.93. The monoisotopic (exact) mass is 614 g/mol. The minimum Gasteiger partial charge on any atom is -0.445 e. The Balaban J connectivity index is 1.50. The summed E-state index contributed by atoms with van der Waals surface area (Å²) in [6.45, 7) is 4.47. The van der Waals surface area contributed by atoms with E-state index in [2.05, 4.69) is 21.3 Å². The van der Waals surface area contributed by atoms with Crippen LogP contribution in [0.3, 0.4) is 0 Å². The van der Waals surface area contributed by atoms with Crippen LogP contribution in [0.5, 0.6) is 0 Å². The number of hydrogen-bond acceptors (Lipinski definition) is 6. The minimum absolute atomic E-state index is 0.0275. The zero-order valence-corrected chi connectivity index (χ0v) is 25.8. The average Bonchev–Trinajstić information content (AvgIpc) is 3.04. The van der Waals surface area contributed by atoms with Crippen LogP contribution in [0.15, 0.2) is 72.8 Å². The smallest absolute Gasteiger partial charge is 0.408 e. The van der Waals surface area contributed by atoms with E-state index in [4.69, 9.17) is 4.74 Å². The molecule has 1 heterocycles. The number of aldehydes is 1. The number of carbonyl (C=O) groups is 5. The van der Waals surface area contributed by atoms with Crippen LogP contribution in [-0.4, -0.2) is 54.8 Å². The van der Waals surface area contributed by atoms with Gasteiger partial charge in [0.05, 0.1) is 6.04 Å². The fraction of sp³-hybridized carbons (Fsp3) is 0.400. The second-order valence-corrected chi connectivity index (χ2v) is 11.9. The first kappa shape index (κ1) is 33.2. The van der Waals surface area contributed by atoms with Crippen LogP contribution in [0.2, 0.25) is 0 Å². The molecule has 0 aliphatic carbocycles. The molecule has 1 fully saturated rings. The van der Waals surface area contributed by atoms with E-state index in [1.807, 2.05) is 86.6 Å². The molecule has 0 spiro atoms. The molecule has 0 unspecified atom stereocenters. The van der Waals surface area contributed by atoms with Gasteiger partial charge >= 0.3 is 6.09 Å². The van der Waals surface area contributed by atoms with Crippen molar-refractivity contribution in [2.24, 2.45) is 11.8 Å². The van der Waals surface area contributed by atoms with Gasteiger partial charge in [0, 0.05) is 18.9 Å². The van der Waals surface area contributed by atoms with Crippen LogP contribution in [0.25, 0.3) is 10.8 Å². The lowest BCUT2D eigenvalue weighted by Crippen LogP contribution is -2.56. The van der Waals surface area contributed by atoms with Crippen LogP contribution in [0.1, 0.15) is 50.7 Å². The molecule has 1 aliphatic heterocycles. The van der Waals surface area contributed by atoms with Crippen molar-refractivity contribution in [3.8, 4) is 0 Å². The van der Waals surface area contributed by atoms with Crippen molar-refractivity contribution in [1.29, 1.82) is 0 Å². The number of fused-ring (bicyclic) bond motifs is 1. The third kappa shape index (κ3) is 9.89. The van der Waals surface area contributed by atoms with Crippen LogP contribution >= 0.6 is 0 Å². The molecule has 4 rings (SSSR count). The molecule has 4 atom stereocenters. The molecule has 1 aliphatic rings. The zero-order valence-electron chi connectivity index (χ0n) is 25.8. The summed E-state index contributed by atoms with van der Waals surface area (Å²) in [5, 5.41) is 13.0. The highest BCUT2D eigenvalue weighted by Crippen LogP contribution is 2.21. The largest absolute Gasteiger partial charge is 0.445 e. The number of amides is 4. The zero-order chi connectivity index (χ0) is 32.2. The van der Waals surface area contributed by atoms with Crippen molar-refractivity contribution < 1.29 is 28.7 Å². The maximum atomic E-state index is 13.8. The van der Waals surface area contributed by atoms with Crippen molar-refractivity contribution in [3.63, 3.8) is 0 Å². The predicted molar refractivity (Wildman–Crippen MR) is 171 cm³/mol. The predicted octanol–water partition coefficient (Wildman–Crippen LogP) is 3.81. The summed E-state index contributed by atoms with van der Waals surface area (Å²) in [5.41, 5.74) is 1.64. The van der Waals surface area contributed by atoms with Gasteiger partial charge in [-0.15, -0.1) is 0 Å². The van der Waals surface area contributed by atoms with E-state index in [1.165, 1.54) is 0 Å². The van der Waals surface area contributed by atoms with Gasteiger partial charge in [-0.05, 0) is 53.5 Å². The summed E-state index contributed by atoms with van der Waals surface area (Å²) in [7, 11) is 0. The number of alkyl carbamates (subject to hydrolysis) is 1. The number of nitrogens with one attached hydrogen (secondary N) is 4. The van der Waals surface area contributed by atoms with Crippen LogP contribution in [-0.2, 0) is 36.9 Å². The summed E-state index contributed by atoms with van der Waals surface area (Å²) in [4.78, 5) is 64.3. The molecule has 0 aromatic heterocycles. The molecule has 1 saturated heterocycles. The van der Waals surface area contributed by atoms with E-state index >= 15 is 0 Å². The Morgan fingerprint density at radius 3 is 2.36 bits per heavy atom.